The van der Waals surface area contributed by atoms with Gasteiger partial charge in [-0.2, -0.15) is 4.39 Å². The fourth-order valence-electron chi connectivity index (χ4n) is 3.84. The van der Waals surface area contributed by atoms with Gasteiger partial charge in [-0.15, -0.1) is 0 Å². The SMILES string of the molecule is CC(=O)F.CC[C@H](C)[C@H](NC(=O)[C@H](CCC(N)=O)NC(=O)[C@@H](NC(=O)OCc1ccccc1)C(C)C)C(=O)N[C@@H](CC(=O)O)C(=O)O. The van der Waals surface area contributed by atoms with E-state index in [4.69, 9.17) is 20.4 Å². The van der Waals surface area contributed by atoms with Gasteiger partial charge in [0.25, 0.3) is 6.04 Å². The Morgan fingerprint density at radius 3 is 1.83 bits per heavy atom. The van der Waals surface area contributed by atoms with E-state index >= 15 is 0 Å². The van der Waals surface area contributed by atoms with Crippen molar-refractivity contribution in [1.82, 2.24) is 21.3 Å². The molecule has 5 atom stereocenters. The molecule has 5 amide bonds. The van der Waals surface area contributed by atoms with E-state index in [-0.39, 0.29) is 19.4 Å². The lowest BCUT2D eigenvalue weighted by Crippen LogP contribution is -2.59. The van der Waals surface area contributed by atoms with Crippen LogP contribution in [0.2, 0.25) is 0 Å². The number of nitrogens with one attached hydrogen (secondary N) is 4. The van der Waals surface area contributed by atoms with Gasteiger partial charge in [0.2, 0.25) is 23.6 Å². The van der Waals surface area contributed by atoms with E-state index in [1.807, 2.05) is 0 Å². The number of ether oxygens (including phenoxy) is 1. The van der Waals surface area contributed by atoms with E-state index in [0.29, 0.717) is 6.42 Å². The molecule has 0 saturated carbocycles. The number of alkyl carbamates (subject to hydrolysis) is 1. The van der Waals surface area contributed by atoms with Crippen molar-refractivity contribution in [2.75, 3.05) is 0 Å². The number of halogens is 1. The number of rotatable bonds is 18. The van der Waals surface area contributed by atoms with E-state index in [1.165, 1.54) is 0 Å². The number of primary amides is 1. The normalized spacial score (nSPS) is 13.6. The maximum atomic E-state index is 13.3. The predicted molar refractivity (Wildman–Crippen MR) is 164 cm³/mol. The van der Waals surface area contributed by atoms with Crippen LogP contribution < -0.4 is 27.0 Å². The molecule has 0 spiro atoms. The van der Waals surface area contributed by atoms with Crippen molar-refractivity contribution in [1.29, 1.82) is 0 Å². The van der Waals surface area contributed by atoms with Crippen molar-refractivity contribution in [3.63, 3.8) is 0 Å². The summed E-state index contributed by atoms with van der Waals surface area (Å²) >= 11 is 0. The van der Waals surface area contributed by atoms with Crippen LogP contribution in [-0.4, -0.2) is 82.1 Å². The first-order chi connectivity index (χ1) is 21.9. The molecule has 0 fully saturated rings. The zero-order chi connectivity index (χ0) is 36.3. The molecule has 1 aromatic carbocycles. The molecule has 0 aromatic heterocycles. The Kier molecular flexibility index (Phi) is 19.3. The maximum absolute atomic E-state index is 13.3. The molecule has 0 aliphatic rings. The second kappa shape index (κ2) is 21.6. The topological polar surface area (TPSA) is 260 Å². The standard InChI is InChI=1S/C28H41N5O10.C2H3FO/c1-5-16(4)23(26(39)31-19(27(40)41)13-21(35)36)32-24(37)18(11-12-20(29)34)30-25(38)22(15(2)3)33-28(42)43-14-17-9-7-6-8-10-17;1-2(3)4/h6-10,15-16,18-19,22-23H,5,11-14H2,1-4H3,(H2,29,34)(H,30,38)(H,31,39)(H,32,37)(H,33,42)(H,35,36)(H,40,41);1H3/t16-,18-,19-,22-,23-;/m0./s1. The van der Waals surface area contributed by atoms with Gasteiger partial charge < -0.3 is 42.0 Å². The quantitative estimate of drug-likeness (QED) is 0.107. The van der Waals surface area contributed by atoms with Crippen LogP contribution in [0.4, 0.5) is 9.18 Å². The smallest absolute Gasteiger partial charge is 0.408 e. The third-order valence-corrected chi connectivity index (χ3v) is 6.53. The fraction of sp³-hybridized carbons (Fsp3) is 0.533. The minimum atomic E-state index is -1.75. The van der Waals surface area contributed by atoms with Gasteiger partial charge in [0, 0.05) is 13.3 Å². The van der Waals surface area contributed by atoms with Crippen molar-refractivity contribution in [3.05, 3.63) is 35.9 Å². The Bertz CT molecular complexity index is 1240. The largest absolute Gasteiger partial charge is 0.481 e. The van der Waals surface area contributed by atoms with E-state index in [9.17, 15) is 43.1 Å². The second-order valence-electron chi connectivity index (χ2n) is 10.8. The Morgan fingerprint density at radius 2 is 1.36 bits per heavy atom. The molecule has 17 heteroatoms. The number of nitrogens with two attached hydrogens (primary N) is 1. The average Bonchev–Trinajstić information content (AvgIpc) is 2.98. The lowest BCUT2D eigenvalue weighted by Gasteiger charge is -2.28. The van der Waals surface area contributed by atoms with Crippen molar-refractivity contribution < 1.29 is 57.7 Å². The molecular weight excluding hydrogens is 625 g/mol. The summed E-state index contributed by atoms with van der Waals surface area (Å²) in [5.41, 5.74) is 5.97. The molecule has 0 radical (unpaired) electrons. The summed E-state index contributed by atoms with van der Waals surface area (Å²) in [6.07, 6.45) is -1.97. The summed E-state index contributed by atoms with van der Waals surface area (Å²) in [6.45, 7) is 7.44. The van der Waals surface area contributed by atoms with E-state index < -0.39 is 90.1 Å². The average molecular weight is 670 g/mol. The maximum Gasteiger partial charge on any atom is 0.408 e. The van der Waals surface area contributed by atoms with Gasteiger partial charge in [0.1, 0.15) is 30.8 Å². The lowest BCUT2D eigenvalue weighted by molar-refractivity contribution is -0.147. The molecule has 16 nitrogen and oxygen atoms in total. The number of carbonyl (C=O) groups is 8. The van der Waals surface area contributed by atoms with E-state index in [2.05, 4.69) is 21.3 Å². The lowest BCUT2D eigenvalue weighted by atomic mass is 9.96. The zero-order valence-corrected chi connectivity index (χ0v) is 26.9. The van der Waals surface area contributed by atoms with E-state index in [1.54, 1.807) is 58.0 Å². The summed E-state index contributed by atoms with van der Waals surface area (Å²) < 4.78 is 15.5. The molecule has 0 aliphatic heterocycles. The Morgan fingerprint density at radius 1 is 0.830 bits per heavy atom. The highest BCUT2D eigenvalue weighted by atomic mass is 19.1. The number of hydrogen-bond acceptors (Lipinski definition) is 9. The van der Waals surface area contributed by atoms with Gasteiger partial charge in [-0.3, -0.25) is 28.8 Å². The third kappa shape index (κ3) is 17.8. The second-order valence-corrected chi connectivity index (χ2v) is 10.8. The molecule has 0 heterocycles. The molecule has 0 aliphatic carbocycles. The van der Waals surface area contributed by atoms with Crippen LogP contribution in [0.5, 0.6) is 0 Å². The van der Waals surface area contributed by atoms with Crippen LogP contribution in [0.3, 0.4) is 0 Å². The van der Waals surface area contributed by atoms with Crippen LogP contribution in [0.15, 0.2) is 30.3 Å². The summed E-state index contributed by atoms with van der Waals surface area (Å²) in [5, 5.41) is 27.8. The number of carboxylic acid groups (broad SMARTS) is 2. The first kappa shape index (κ1) is 41.9. The van der Waals surface area contributed by atoms with Crippen molar-refractivity contribution in [2.45, 2.75) is 91.1 Å². The first-order valence-electron chi connectivity index (χ1n) is 14.7. The van der Waals surface area contributed by atoms with Crippen LogP contribution in [0.1, 0.15) is 65.9 Å². The van der Waals surface area contributed by atoms with Gasteiger partial charge in [-0.05, 0) is 23.8 Å². The van der Waals surface area contributed by atoms with E-state index in [0.717, 1.165) is 12.5 Å². The molecule has 1 aromatic rings. The Labute approximate surface area is 271 Å². The minimum Gasteiger partial charge on any atom is -0.481 e. The summed E-state index contributed by atoms with van der Waals surface area (Å²) in [7, 11) is 0. The highest BCUT2D eigenvalue weighted by molar-refractivity contribution is 5.95. The van der Waals surface area contributed by atoms with Crippen LogP contribution >= 0.6 is 0 Å². The fourth-order valence-corrected chi connectivity index (χ4v) is 3.84. The molecule has 262 valence electrons. The van der Waals surface area contributed by atoms with Crippen molar-refractivity contribution in [2.24, 2.45) is 17.6 Å². The number of benzene rings is 1. The monoisotopic (exact) mass is 669 g/mol. The third-order valence-electron chi connectivity index (χ3n) is 6.53. The molecule has 8 N–H and O–H groups in total. The van der Waals surface area contributed by atoms with Crippen LogP contribution in [0, 0.1) is 11.8 Å². The highest BCUT2D eigenvalue weighted by Crippen LogP contribution is 2.12. The van der Waals surface area contributed by atoms with Gasteiger partial charge in [-0.25, -0.2) is 9.59 Å². The number of hydrogen-bond donors (Lipinski definition) is 7. The molecule has 0 bridgehead atoms. The summed E-state index contributed by atoms with van der Waals surface area (Å²) in [5.74, 6) is -7.38. The zero-order valence-electron chi connectivity index (χ0n) is 26.9. The predicted octanol–water partition coefficient (Wildman–Crippen LogP) is 0.765. The minimum absolute atomic E-state index is 0.0446. The van der Waals surface area contributed by atoms with Gasteiger partial charge in [0.05, 0.1) is 6.42 Å². The molecule has 1 rings (SSSR count). The van der Waals surface area contributed by atoms with Crippen LogP contribution in [-0.2, 0) is 44.9 Å². The first-order valence-corrected chi connectivity index (χ1v) is 14.7. The molecular formula is C30H44FN5O11. The number of amides is 5. The summed E-state index contributed by atoms with van der Waals surface area (Å²) in [4.78, 5) is 94.7. The molecule has 47 heavy (non-hydrogen) atoms. The van der Waals surface area contributed by atoms with Crippen molar-refractivity contribution >= 4 is 47.7 Å². The van der Waals surface area contributed by atoms with Crippen molar-refractivity contribution in [3.8, 4) is 0 Å². The molecule has 0 saturated heterocycles. The number of aliphatic carboxylic acids is 2. The number of carbonyl (C=O) groups excluding carboxylic acids is 6. The number of carboxylic acids is 2. The van der Waals surface area contributed by atoms with Gasteiger partial charge in [-0.1, -0.05) is 64.4 Å². The van der Waals surface area contributed by atoms with Crippen LogP contribution in [0.25, 0.3) is 0 Å². The Balaban J connectivity index is 0.00000498. The van der Waals surface area contributed by atoms with Gasteiger partial charge >= 0.3 is 18.0 Å². The highest BCUT2D eigenvalue weighted by Gasteiger charge is 2.34. The summed E-state index contributed by atoms with van der Waals surface area (Å²) in [6, 6.07) is 1.93. The molecule has 0 unspecified atom stereocenters. The van der Waals surface area contributed by atoms with Gasteiger partial charge in [0.15, 0.2) is 0 Å². The Hall–Kier alpha value is -5.09.